The van der Waals surface area contributed by atoms with Crippen LogP contribution in [0.25, 0.3) is 0 Å². The molecular weight excluding hydrogens is 272 g/mol. The first-order valence-corrected chi connectivity index (χ1v) is 8.27. The Hall–Kier alpha value is -0.950. The minimum atomic E-state index is -0.764. The van der Waals surface area contributed by atoms with Gasteiger partial charge in [-0.05, 0) is 20.3 Å². The predicted octanol–water partition coefficient (Wildman–Crippen LogP) is 1.81. The second-order valence-electron chi connectivity index (χ2n) is 3.70. The summed E-state index contributed by atoms with van der Waals surface area (Å²) < 4.78 is 15.8. The number of anilines is 1. The standard InChI is InChI=1S/C11H18N2O3S2/c1-4-16-10(14)9-8(2)17-11(13-9)12-6-5-7-18(3)15/h4-7H2,1-3H3,(H,12,13). The van der Waals surface area contributed by atoms with Gasteiger partial charge in [-0.3, -0.25) is 4.21 Å². The third-order valence-electron chi connectivity index (χ3n) is 2.15. The first-order chi connectivity index (χ1) is 8.54. The number of nitrogens with zero attached hydrogens (tertiary/aromatic N) is 1. The van der Waals surface area contributed by atoms with E-state index in [2.05, 4.69) is 10.3 Å². The third kappa shape index (κ3) is 4.73. The van der Waals surface area contributed by atoms with E-state index in [0.717, 1.165) is 11.3 Å². The summed E-state index contributed by atoms with van der Waals surface area (Å²) in [5, 5.41) is 3.83. The third-order valence-corrected chi connectivity index (χ3v) is 3.94. The average molecular weight is 290 g/mol. The number of hydrogen-bond acceptors (Lipinski definition) is 6. The molecule has 1 unspecified atom stereocenters. The van der Waals surface area contributed by atoms with Crippen LogP contribution in [0.1, 0.15) is 28.7 Å². The molecule has 0 fully saturated rings. The van der Waals surface area contributed by atoms with Crippen molar-refractivity contribution in [1.29, 1.82) is 0 Å². The molecule has 1 rings (SSSR count). The largest absolute Gasteiger partial charge is 0.461 e. The van der Waals surface area contributed by atoms with E-state index in [0.29, 0.717) is 29.7 Å². The number of hydrogen-bond donors (Lipinski definition) is 1. The van der Waals surface area contributed by atoms with E-state index >= 15 is 0 Å². The van der Waals surface area contributed by atoms with E-state index in [1.54, 1.807) is 13.2 Å². The van der Waals surface area contributed by atoms with Crippen LogP contribution in [0.2, 0.25) is 0 Å². The quantitative estimate of drug-likeness (QED) is 0.612. The van der Waals surface area contributed by atoms with E-state index in [4.69, 9.17) is 4.74 Å². The minimum Gasteiger partial charge on any atom is -0.461 e. The molecule has 0 radical (unpaired) electrons. The number of esters is 1. The molecule has 1 heterocycles. The van der Waals surface area contributed by atoms with Crippen LogP contribution < -0.4 is 5.32 Å². The number of rotatable bonds is 7. The highest BCUT2D eigenvalue weighted by molar-refractivity contribution is 7.84. The lowest BCUT2D eigenvalue weighted by molar-refractivity contribution is 0.0519. The maximum absolute atomic E-state index is 11.6. The summed E-state index contributed by atoms with van der Waals surface area (Å²) in [6, 6.07) is 0. The van der Waals surface area contributed by atoms with Gasteiger partial charge in [0.1, 0.15) is 0 Å². The Morgan fingerprint density at radius 1 is 1.56 bits per heavy atom. The van der Waals surface area contributed by atoms with Gasteiger partial charge in [-0.2, -0.15) is 0 Å². The lowest BCUT2D eigenvalue weighted by atomic mass is 10.4. The number of thiazole rings is 1. The van der Waals surface area contributed by atoms with Crippen LogP contribution in [0.15, 0.2) is 0 Å². The van der Waals surface area contributed by atoms with Gasteiger partial charge in [0.05, 0.1) is 6.61 Å². The molecule has 0 aliphatic rings. The topological polar surface area (TPSA) is 68.3 Å². The maximum atomic E-state index is 11.6. The van der Waals surface area contributed by atoms with Crippen LogP contribution in [0.4, 0.5) is 5.13 Å². The lowest BCUT2D eigenvalue weighted by Gasteiger charge is -2.00. The number of nitrogens with one attached hydrogen (secondary N) is 1. The zero-order chi connectivity index (χ0) is 13.5. The van der Waals surface area contributed by atoms with E-state index in [1.807, 2.05) is 6.92 Å². The van der Waals surface area contributed by atoms with E-state index in [-0.39, 0.29) is 5.97 Å². The van der Waals surface area contributed by atoms with Crippen LogP contribution in [0, 0.1) is 6.92 Å². The van der Waals surface area contributed by atoms with Crippen molar-refractivity contribution < 1.29 is 13.7 Å². The summed E-state index contributed by atoms with van der Waals surface area (Å²) in [5.41, 5.74) is 0.378. The van der Waals surface area contributed by atoms with Gasteiger partial charge < -0.3 is 10.1 Å². The molecule has 0 aliphatic carbocycles. The monoisotopic (exact) mass is 290 g/mol. The van der Waals surface area contributed by atoms with Crippen molar-refractivity contribution >= 4 is 33.2 Å². The summed E-state index contributed by atoms with van der Waals surface area (Å²) in [4.78, 5) is 16.6. The van der Waals surface area contributed by atoms with Crippen LogP contribution in [0.3, 0.4) is 0 Å². The van der Waals surface area contributed by atoms with Crippen LogP contribution >= 0.6 is 11.3 Å². The van der Waals surface area contributed by atoms with Gasteiger partial charge in [0, 0.05) is 34.2 Å². The second-order valence-corrected chi connectivity index (χ2v) is 6.46. The van der Waals surface area contributed by atoms with Crippen LogP contribution in [0.5, 0.6) is 0 Å². The first-order valence-electron chi connectivity index (χ1n) is 5.73. The second kappa shape index (κ2) is 7.48. The van der Waals surface area contributed by atoms with Crippen molar-refractivity contribution in [2.45, 2.75) is 20.3 Å². The van der Waals surface area contributed by atoms with Gasteiger partial charge in [0.2, 0.25) is 0 Å². The zero-order valence-electron chi connectivity index (χ0n) is 10.8. The Labute approximate surface area is 113 Å². The van der Waals surface area contributed by atoms with Gasteiger partial charge in [0.15, 0.2) is 10.8 Å². The molecule has 0 aromatic carbocycles. The molecule has 0 aliphatic heterocycles. The molecule has 7 heteroatoms. The van der Waals surface area contributed by atoms with E-state index in [1.165, 1.54) is 11.3 Å². The van der Waals surface area contributed by atoms with E-state index in [9.17, 15) is 9.00 Å². The fourth-order valence-electron chi connectivity index (χ4n) is 1.33. The first kappa shape index (κ1) is 15.1. The van der Waals surface area contributed by atoms with Gasteiger partial charge in [0.25, 0.3) is 0 Å². The minimum absolute atomic E-state index is 0.348. The summed E-state index contributed by atoms with van der Waals surface area (Å²) in [7, 11) is -0.764. The highest BCUT2D eigenvalue weighted by Gasteiger charge is 2.15. The highest BCUT2D eigenvalue weighted by atomic mass is 32.2. The van der Waals surface area contributed by atoms with Crippen LogP contribution in [-0.4, -0.2) is 40.3 Å². The Kier molecular flexibility index (Phi) is 6.28. The SMILES string of the molecule is CCOC(=O)c1nc(NCCCS(C)=O)sc1C. The Balaban J connectivity index is 2.50. The maximum Gasteiger partial charge on any atom is 0.358 e. The van der Waals surface area contributed by atoms with Crippen molar-refractivity contribution in [2.75, 3.05) is 30.5 Å². The zero-order valence-corrected chi connectivity index (χ0v) is 12.4. The van der Waals surface area contributed by atoms with Crippen molar-refractivity contribution in [3.05, 3.63) is 10.6 Å². The van der Waals surface area contributed by atoms with Gasteiger partial charge in [-0.1, -0.05) is 0 Å². The summed E-state index contributed by atoms with van der Waals surface area (Å²) in [6.07, 6.45) is 2.50. The Morgan fingerprint density at radius 3 is 2.89 bits per heavy atom. The molecular formula is C11H18N2O3S2. The lowest BCUT2D eigenvalue weighted by Crippen LogP contribution is -2.08. The normalized spacial score (nSPS) is 12.2. The van der Waals surface area contributed by atoms with Crippen molar-refractivity contribution in [3.8, 4) is 0 Å². The van der Waals surface area contributed by atoms with Crippen molar-refractivity contribution in [2.24, 2.45) is 0 Å². The molecule has 1 N–H and O–H groups in total. The number of ether oxygens (including phenoxy) is 1. The van der Waals surface area contributed by atoms with Gasteiger partial charge in [-0.25, -0.2) is 9.78 Å². The fourth-order valence-corrected chi connectivity index (χ4v) is 2.71. The van der Waals surface area contributed by atoms with E-state index < -0.39 is 10.8 Å². The number of aromatic nitrogens is 1. The molecule has 18 heavy (non-hydrogen) atoms. The van der Waals surface area contributed by atoms with Gasteiger partial charge >= 0.3 is 5.97 Å². The molecule has 0 bridgehead atoms. The summed E-state index contributed by atoms with van der Waals surface area (Å²) in [6.45, 7) is 4.66. The Morgan fingerprint density at radius 2 is 2.28 bits per heavy atom. The molecule has 0 amide bonds. The van der Waals surface area contributed by atoms with Crippen molar-refractivity contribution in [1.82, 2.24) is 4.98 Å². The molecule has 1 atom stereocenters. The smallest absolute Gasteiger partial charge is 0.358 e. The predicted molar refractivity (Wildman–Crippen MR) is 74.8 cm³/mol. The Bertz CT molecular complexity index is 432. The average Bonchev–Trinajstić information content (AvgIpc) is 2.66. The summed E-state index contributed by atoms with van der Waals surface area (Å²) >= 11 is 1.43. The van der Waals surface area contributed by atoms with Crippen LogP contribution in [-0.2, 0) is 15.5 Å². The number of carbonyl (C=O) groups is 1. The molecule has 1 aromatic rings. The molecule has 0 saturated heterocycles. The molecule has 1 aromatic heterocycles. The van der Waals surface area contributed by atoms with Crippen molar-refractivity contribution in [3.63, 3.8) is 0 Å². The highest BCUT2D eigenvalue weighted by Crippen LogP contribution is 2.22. The van der Waals surface area contributed by atoms with Gasteiger partial charge in [-0.15, -0.1) is 11.3 Å². The molecule has 0 saturated carbocycles. The number of aryl methyl sites for hydroxylation is 1. The number of carbonyl (C=O) groups excluding carboxylic acids is 1. The molecule has 102 valence electrons. The molecule has 5 nitrogen and oxygen atoms in total. The summed E-state index contributed by atoms with van der Waals surface area (Å²) in [5.74, 6) is 0.288. The molecule has 0 spiro atoms. The fraction of sp³-hybridized carbons (Fsp3) is 0.636.